The van der Waals surface area contributed by atoms with Gasteiger partial charge < -0.3 is 10.3 Å². The molecule has 1 atom stereocenters. The molecule has 6 rings (SSSR count). The SMILES string of the molecule is O=C(NC1c2ccccc2-c2c(-c3nc4ccc(F)cc4[nH]3)cccc21)c1ccncc1. The van der Waals surface area contributed by atoms with Crippen LogP contribution in [0.5, 0.6) is 0 Å². The quantitative estimate of drug-likeness (QED) is 0.418. The Kier molecular flexibility index (Phi) is 4.11. The van der Waals surface area contributed by atoms with Gasteiger partial charge in [-0.05, 0) is 52.6 Å². The molecule has 0 spiro atoms. The molecule has 6 heteroatoms. The van der Waals surface area contributed by atoms with E-state index < -0.39 is 0 Å². The molecule has 1 amide bonds. The molecule has 0 saturated heterocycles. The van der Waals surface area contributed by atoms with E-state index in [4.69, 9.17) is 4.98 Å². The Morgan fingerprint density at radius 2 is 1.69 bits per heavy atom. The van der Waals surface area contributed by atoms with Crippen LogP contribution in [0.1, 0.15) is 27.5 Å². The van der Waals surface area contributed by atoms with Crippen LogP contribution >= 0.6 is 0 Å². The van der Waals surface area contributed by atoms with E-state index in [0.29, 0.717) is 22.4 Å². The number of hydrogen-bond donors (Lipinski definition) is 2. The molecule has 2 aromatic heterocycles. The summed E-state index contributed by atoms with van der Waals surface area (Å²) in [5.74, 6) is 0.193. The molecule has 1 aliphatic carbocycles. The minimum Gasteiger partial charge on any atom is -0.341 e. The maximum atomic E-state index is 13.7. The van der Waals surface area contributed by atoms with Crippen molar-refractivity contribution in [2.45, 2.75) is 6.04 Å². The molecule has 154 valence electrons. The highest BCUT2D eigenvalue weighted by Crippen LogP contribution is 2.47. The van der Waals surface area contributed by atoms with Gasteiger partial charge in [0.25, 0.3) is 5.91 Å². The number of carbonyl (C=O) groups excluding carboxylic acids is 1. The highest BCUT2D eigenvalue weighted by molar-refractivity contribution is 5.97. The summed E-state index contributed by atoms with van der Waals surface area (Å²) in [6.45, 7) is 0. The third kappa shape index (κ3) is 2.88. The van der Waals surface area contributed by atoms with Crippen molar-refractivity contribution in [2.24, 2.45) is 0 Å². The van der Waals surface area contributed by atoms with Crippen molar-refractivity contribution in [1.82, 2.24) is 20.3 Å². The molecule has 0 saturated carbocycles. The summed E-state index contributed by atoms with van der Waals surface area (Å²) in [5, 5.41) is 3.17. The molecule has 5 nitrogen and oxygen atoms in total. The molecule has 2 heterocycles. The summed E-state index contributed by atoms with van der Waals surface area (Å²) < 4.78 is 13.7. The molecule has 0 aliphatic heterocycles. The first kappa shape index (κ1) is 18.4. The van der Waals surface area contributed by atoms with E-state index in [-0.39, 0.29) is 17.8 Å². The van der Waals surface area contributed by atoms with Gasteiger partial charge in [-0.2, -0.15) is 0 Å². The monoisotopic (exact) mass is 420 g/mol. The maximum Gasteiger partial charge on any atom is 0.252 e. The molecule has 1 aliphatic rings. The fourth-order valence-corrected chi connectivity index (χ4v) is 4.44. The van der Waals surface area contributed by atoms with Gasteiger partial charge in [-0.25, -0.2) is 9.37 Å². The Morgan fingerprint density at radius 3 is 2.56 bits per heavy atom. The van der Waals surface area contributed by atoms with E-state index >= 15 is 0 Å². The van der Waals surface area contributed by atoms with Gasteiger partial charge in [-0.3, -0.25) is 9.78 Å². The van der Waals surface area contributed by atoms with Gasteiger partial charge in [0.15, 0.2) is 0 Å². The van der Waals surface area contributed by atoms with E-state index in [9.17, 15) is 9.18 Å². The van der Waals surface area contributed by atoms with Crippen LogP contribution in [0.25, 0.3) is 33.5 Å². The Labute approximate surface area is 183 Å². The zero-order chi connectivity index (χ0) is 21.7. The van der Waals surface area contributed by atoms with Gasteiger partial charge in [0.2, 0.25) is 0 Å². The summed E-state index contributed by atoms with van der Waals surface area (Å²) in [6.07, 6.45) is 3.21. The van der Waals surface area contributed by atoms with Gasteiger partial charge in [-0.1, -0.05) is 42.5 Å². The lowest BCUT2D eigenvalue weighted by Crippen LogP contribution is -2.28. The van der Waals surface area contributed by atoms with Gasteiger partial charge in [0, 0.05) is 23.5 Å². The standard InChI is InChI=1S/C26H17FN4O/c27-16-8-9-21-22(14-16)30-25(29-21)20-7-3-6-19-23(20)17-4-1-2-5-18(17)24(19)31-26(32)15-10-12-28-13-11-15/h1-14,24H,(H,29,30)(H,31,32). The number of aromatic amines is 1. The Bertz CT molecular complexity index is 1490. The van der Waals surface area contributed by atoms with Gasteiger partial charge >= 0.3 is 0 Å². The lowest BCUT2D eigenvalue weighted by atomic mass is 9.98. The second-order valence-corrected chi connectivity index (χ2v) is 7.75. The van der Waals surface area contributed by atoms with E-state index in [2.05, 4.69) is 21.4 Å². The highest BCUT2D eigenvalue weighted by Gasteiger charge is 2.32. The van der Waals surface area contributed by atoms with Crippen molar-refractivity contribution in [2.75, 3.05) is 0 Å². The van der Waals surface area contributed by atoms with Crippen LogP contribution in [-0.4, -0.2) is 20.9 Å². The van der Waals surface area contributed by atoms with Crippen LogP contribution < -0.4 is 5.32 Å². The van der Waals surface area contributed by atoms with Crippen LogP contribution in [-0.2, 0) is 0 Å². The van der Waals surface area contributed by atoms with Crippen LogP contribution in [0.15, 0.2) is 85.2 Å². The van der Waals surface area contributed by atoms with Crippen molar-refractivity contribution >= 4 is 16.9 Å². The van der Waals surface area contributed by atoms with Crippen molar-refractivity contribution in [3.8, 4) is 22.5 Å². The predicted octanol–water partition coefficient (Wildman–Crippen LogP) is 5.26. The zero-order valence-corrected chi connectivity index (χ0v) is 16.8. The Balaban J connectivity index is 1.49. The fraction of sp³-hybridized carbons (Fsp3) is 0.0385. The number of pyridine rings is 1. The second kappa shape index (κ2) is 7.13. The number of carbonyl (C=O) groups is 1. The summed E-state index contributed by atoms with van der Waals surface area (Å²) in [4.78, 5) is 24.9. The number of imidazole rings is 1. The number of rotatable bonds is 3. The molecule has 0 fully saturated rings. The topological polar surface area (TPSA) is 70.7 Å². The van der Waals surface area contributed by atoms with E-state index in [0.717, 1.165) is 27.8 Å². The number of hydrogen-bond acceptors (Lipinski definition) is 3. The molecular weight excluding hydrogens is 403 g/mol. The summed E-state index contributed by atoms with van der Waals surface area (Å²) in [7, 11) is 0. The van der Waals surface area contributed by atoms with Crippen molar-refractivity contribution < 1.29 is 9.18 Å². The maximum absolute atomic E-state index is 13.7. The fourth-order valence-electron chi connectivity index (χ4n) is 4.44. The Hall–Kier alpha value is -4.32. The molecule has 0 radical (unpaired) electrons. The number of amides is 1. The van der Waals surface area contributed by atoms with Crippen LogP contribution in [0, 0.1) is 5.82 Å². The molecular formula is C26H17FN4O. The van der Waals surface area contributed by atoms with Crippen LogP contribution in [0.4, 0.5) is 4.39 Å². The van der Waals surface area contributed by atoms with E-state index in [1.807, 2.05) is 36.4 Å². The van der Waals surface area contributed by atoms with Crippen LogP contribution in [0.3, 0.4) is 0 Å². The summed E-state index contributed by atoms with van der Waals surface area (Å²) in [6, 6.07) is 21.6. The lowest BCUT2D eigenvalue weighted by Gasteiger charge is -2.16. The first-order valence-electron chi connectivity index (χ1n) is 10.3. The third-order valence-corrected chi connectivity index (χ3v) is 5.87. The molecule has 5 aromatic rings. The number of nitrogens with one attached hydrogen (secondary N) is 2. The predicted molar refractivity (Wildman–Crippen MR) is 120 cm³/mol. The molecule has 32 heavy (non-hydrogen) atoms. The molecule has 1 unspecified atom stereocenters. The van der Waals surface area contributed by atoms with E-state index in [1.54, 1.807) is 30.6 Å². The zero-order valence-electron chi connectivity index (χ0n) is 16.8. The molecule has 2 N–H and O–H groups in total. The number of H-pyrrole nitrogens is 1. The van der Waals surface area contributed by atoms with Gasteiger partial charge in [-0.15, -0.1) is 0 Å². The first-order chi connectivity index (χ1) is 15.7. The number of nitrogens with zero attached hydrogens (tertiary/aromatic N) is 2. The highest BCUT2D eigenvalue weighted by atomic mass is 19.1. The number of benzene rings is 3. The number of aromatic nitrogens is 3. The normalized spacial score (nSPS) is 14.2. The van der Waals surface area contributed by atoms with Gasteiger partial charge in [0.05, 0.1) is 17.1 Å². The summed E-state index contributed by atoms with van der Waals surface area (Å²) >= 11 is 0. The lowest BCUT2D eigenvalue weighted by molar-refractivity contribution is 0.0943. The average molecular weight is 420 g/mol. The van der Waals surface area contributed by atoms with Crippen LogP contribution in [0.2, 0.25) is 0 Å². The first-order valence-corrected chi connectivity index (χ1v) is 10.3. The average Bonchev–Trinajstić information content (AvgIpc) is 3.39. The van der Waals surface area contributed by atoms with Gasteiger partial charge in [0.1, 0.15) is 11.6 Å². The smallest absolute Gasteiger partial charge is 0.252 e. The molecule has 0 bridgehead atoms. The van der Waals surface area contributed by atoms with Crippen molar-refractivity contribution in [1.29, 1.82) is 0 Å². The number of fused-ring (bicyclic) bond motifs is 4. The largest absolute Gasteiger partial charge is 0.341 e. The summed E-state index contributed by atoms with van der Waals surface area (Å²) in [5.41, 5.74) is 6.90. The van der Waals surface area contributed by atoms with Crippen molar-refractivity contribution in [3.63, 3.8) is 0 Å². The van der Waals surface area contributed by atoms with Crippen molar-refractivity contribution in [3.05, 3.63) is 108 Å². The minimum absolute atomic E-state index is 0.162. The molecule has 3 aromatic carbocycles. The third-order valence-electron chi connectivity index (χ3n) is 5.87. The second-order valence-electron chi connectivity index (χ2n) is 7.75. The minimum atomic E-state index is -0.310. The van der Waals surface area contributed by atoms with E-state index in [1.165, 1.54) is 12.1 Å². The number of halogens is 1. The Morgan fingerprint density at radius 1 is 0.906 bits per heavy atom.